The lowest BCUT2D eigenvalue weighted by atomic mass is 10.0. The number of amides is 2. The van der Waals surface area contributed by atoms with Gasteiger partial charge in [0.2, 0.25) is 5.91 Å². The van der Waals surface area contributed by atoms with Crippen LogP contribution in [-0.2, 0) is 16.1 Å². The topological polar surface area (TPSA) is 119 Å². The third kappa shape index (κ3) is 6.02. The van der Waals surface area contributed by atoms with E-state index in [1.54, 1.807) is 21.0 Å². The van der Waals surface area contributed by atoms with Crippen molar-refractivity contribution in [2.45, 2.75) is 25.5 Å². The number of aromatic nitrogens is 4. The number of thiophene rings is 1. The molecule has 3 aromatic heterocycles. The van der Waals surface area contributed by atoms with Gasteiger partial charge in [-0.1, -0.05) is 60.3 Å². The van der Waals surface area contributed by atoms with Crippen molar-refractivity contribution in [1.82, 2.24) is 24.6 Å². The van der Waals surface area contributed by atoms with Crippen LogP contribution in [0.3, 0.4) is 0 Å². The van der Waals surface area contributed by atoms with E-state index in [1.807, 2.05) is 72.2 Å². The Morgan fingerprint density at radius 1 is 1.05 bits per heavy atom. The monoisotopic (exact) mass is 614 g/mol. The molecule has 0 saturated heterocycles. The van der Waals surface area contributed by atoms with Crippen molar-refractivity contribution in [1.29, 1.82) is 0 Å². The van der Waals surface area contributed by atoms with Crippen molar-refractivity contribution in [2.24, 2.45) is 0 Å². The summed E-state index contributed by atoms with van der Waals surface area (Å²) in [5.74, 6) is -0.545. The minimum atomic E-state index is -0.621. The minimum Gasteiger partial charge on any atom is -0.465 e. The maximum absolute atomic E-state index is 13.1. The zero-order chi connectivity index (χ0) is 30.7. The molecule has 12 heteroatoms. The molecule has 0 bridgehead atoms. The number of hydrogen-bond donors (Lipinski definition) is 1. The van der Waals surface area contributed by atoms with Crippen LogP contribution in [0.15, 0.2) is 65.8 Å². The number of benzene rings is 2. The van der Waals surface area contributed by atoms with Crippen LogP contribution in [-0.4, -0.2) is 69.4 Å². The Kier molecular flexibility index (Phi) is 8.88. The number of fused-ring (bicyclic) bond motifs is 1. The molecule has 220 valence electrons. The molecule has 1 N–H and O–H groups in total. The minimum absolute atomic E-state index is 0.0129. The number of nitrogens with zero attached hydrogens (tertiary/aromatic N) is 5. The Morgan fingerprint density at radius 3 is 2.47 bits per heavy atom. The highest BCUT2D eigenvalue weighted by atomic mass is 32.2. The normalized spacial score (nSPS) is 11.0. The van der Waals surface area contributed by atoms with Gasteiger partial charge < -0.3 is 19.5 Å². The van der Waals surface area contributed by atoms with Crippen LogP contribution in [0.25, 0.3) is 33.5 Å². The number of carbonyl (C=O) groups excluding carboxylic acids is 3. The Balaban J connectivity index is 1.42. The van der Waals surface area contributed by atoms with E-state index in [4.69, 9.17) is 9.72 Å². The van der Waals surface area contributed by atoms with Gasteiger partial charge in [0.15, 0.2) is 11.0 Å². The number of rotatable bonds is 9. The average Bonchev–Trinajstić information content (AvgIpc) is 3.58. The third-order valence-electron chi connectivity index (χ3n) is 6.78. The first-order valence-electron chi connectivity index (χ1n) is 13.5. The van der Waals surface area contributed by atoms with Crippen LogP contribution in [0.5, 0.6) is 0 Å². The summed E-state index contributed by atoms with van der Waals surface area (Å²) in [6.07, 6.45) is 0. The van der Waals surface area contributed by atoms with E-state index in [-0.39, 0.29) is 28.1 Å². The molecule has 0 saturated carbocycles. The number of thioether (sulfide) groups is 1. The first kappa shape index (κ1) is 29.9. The highest BCUT2D eigenvalue weighted by Crippen LogP contribution is 2.35. The SMILES string of the molecule is CCn1c(SCC(=O)Nc2sc(C(=O)N(C)C)c(C)c2C(=O)OC)nnc1-c1cc(-c2ccccc2)nc2ccccc12. The standard InChI is InChI=1S/C31H30N6O4S2/c1-6-37-27(21-16-23(19-12-8-7-9-13-19)32-22-15-11-10-14-20(21)22)34-35-31(37)42-17-24(38)33-28-25(30(40)41-5)18(2)26(43-28)29(39)36(3)4/h7-16H,6,17H2,1-5H3,(H,33,38). The number of carbonyl (C=O) groups is 3. The second kappa shape index (κ2) is 12.8. The van der Waals surface area contributed by atoms with Gasteiger partial charge in [-0.2, -0.15) is 0 Å². The molecule has 10 nitrogen and oxygen atoms in total. The first-order chi connectivity index (χ1) is 20.7. The van der Waals surface area contributed by atoms with E-state index in [0.717, 1.165) is 39.1 Å². The largest absolute Gasteiger partial charge is 0.465 e. The molecular weight excluding hydrogens is 585 g/mol. The fraction of sp³-hybridized carbons (Fsp3) is 0.226. The molecule has 0 unspecified atom stereocenters. The van der Waals surface area contributed by atoms with Crippen LogP contribution >= 0.6 is 23.1 Å². The lowest BCUT2D eigenvalue weighted by molar-refractivity contribution is -0.113. The summed E-state index contributed by atoms with van der Waals surface area (Å²) in [5, 5.41) is 13.6. The number of esters is 1. The second-order valence-electron chi connectivity index (χ2n) is 9.78. The molecule has 3 heterocycles. The van der Waals surface area contributed by atoms with Crippen molar-refractivity contribution in [3.05, 3.63) is 76.7 Å². The molecule has 0 aliphatic rings. The van der Waals surface area contributed by atoms with Gasteiger partial charge in [0.1, 0.15) is 5.00 Å². The van der Waals surface area contributed by atoms with Gasteiger partial charge in [0.05, 0.1) is 34.5 Å². The summed E-state index contributed by atoms with van der Waals surface area (Å²) in [6, 6.07) is 19.9. The Hall–Kier alpha value is -4.55. The van der Waals surface area contributed by atoms with Crippen LogP contribution in [0.1, 0.15) is 32.5 Å². The van der Waals surface area contributed by atoms with E-state index in [2.05, 4.69) is 15.5 Å². The molecule has 0 atom stereocenters. The molecule has 43 heavy (non-hydrogen) atoms. The highest BCUT2D eigenvalue weighted by molar-refractivity contribution is 7.99. The fourth-order valence-electron chi connectivity index (χ4n) is 4.65. The number of methoxy groups -OCH3 is 1. The van der Waals surface area contributed by atoms with Crippen molar-refractivity contribution in [3.63, 3.8) is 0 Å². The zero-order valence-corrected chi connectivity index (χ0v) is 26.0. The molecule has 0 aliphatic carbocycles. The molecule has 0 aliphatic heterocycles. The van der Waals surface area contributed by atoms with Gasteiger partial charge >= 0.3 is 5.97 Å². The number of ether oxygens (including phenoxy) is 1. The molecule has 2 amide bonds. The fourth-order valence-corrected chi connectivity index (χ4v) is 6.68. The smallest absolute Gasteiger partial charge is 0.341 e. The number of anilines is 1. The summed E-state index contributed by atoms with van der Waals surface area (Å²) in [5.41, 5.74) is 4.20. The van der Waals surface area contributed by atoms with E-state index in [0.29, 0.717) is 28.0 Å². The zero-order valence-electron chi connectivity index (χ0n) is 24.4. The van der Waals surface area contributed by atoms with Crippen molar-refractivity contribution >= 4 is 56.8 Å². The molecule has 0 fully saturated rings. The summed E-state index contributed by atoms with van der Waals surface area (Å²) >= 11 is 2.29. The summed E-state index contributed by atoms with van der Waals surface area (Å²) in [6.45, 7) is 4.25. The predicted molar refractivity (Wildman–Crippen MR) is 170 cm³/mol. The second-order valence-corrected chi connectivity index (χ2v) is 11.7. The molecular formula is C31H30N6O4S2. The van der Waals surface area contributed by atoms with Crippen LogP contribution in [0.2, 0.25) is 0 Å². The number of nitrogens with one attached hydrogen (secondary N) is 1. The Bertz CT molecular complexity index is 1830. The first-order valence-corrected chi connectivity index (χ1v) is 15.3. The van der Waals surface area contributed by atoms with Gasteiger partial charge in [-0.05, 0) is 31.5 Å². The predicted octanol–water partition coefficient (Wildman–Crippen LogP) is 5.77. The summed E-state index contributed by atoms with van der Waals surface area (Å²) in [4.78, 5) is 44.9. The number of hydrogen-bond acceptors (Lipinski definition) is 9. The van der Waals surface area contributed by atoms with E-state index < -0.39 is 5.97 Å². The van der Waals surface area contributed by atoms with E-state index >= 15 is 0 Å². The number of para-hydroxylation sites is 1. The number of pyridine rings is 1. The van der Waals surface area contributed by atoms with Crippen molar-refractivity contribution in [3.8, 4) is 22.6 Å². The van der Waals surface area contributed by atoms with Gasteiger partial charge in [-0.3, -0.25) is 9.59 Å². The Morgan fingerprint density at radius 2 is 1.77 bits per heavy atom. The van der Waals surface area contributed by atoms with Gasteiger partial charge in [-0.15, -0.1) is 21.5 Å². The van der Waals surface area contributed by atoms with E-state index in [9.17, 15) is 14.4 Å². The Labute approximate surface area is 257 Å². The lowest BCUT2D eigenvalue weighted by Crippen LogP contribution is -2.21. The lowest BCUT2D eigenvalue weighted by Gasteiger charge is -2.12. The highest BCUT2D eigenvalue weighted by Gasteiger charge is 2.27. The van der Waals surface area contributed by atoms with Gasteiger partial charge in [0, 0.05) is 37.2 Å². The molecule has 0 radical (unpaired) electrons. The molecule has 5 rings (SSSR count). The third-order valence-corrected chi connectivity index (χ3v) is 8.94. The maximum atomic E-state index is 13.1. The van der Waals surface area contributed by atoms with Gasteiger partial charge in [-0.25, -0.2) is 9.78 Å². The average molecular weight is 615 g/mol. The summed E-state index contributed by atoms with van der Waals surface area (Å²) < 4.78 is 6.89. The van der Waals surface area contributed by atoms with Crippen LogP contribution in [0, 0.1) is 6.92 Å². The quantitative estimate of drug-likeness (QED) is 0.164. The molecule has 0 spiro atoms. The van der Waals surface area contributed by atoms with Crippen LogP contribution < -0.4 is 5.32 Å². The summed E-state index contributed by atoms with van der Waals surface area (Å²) in [7, 11) is 4.52. The molecule has 5 aromatic rings. The molecule has 2 aromatic carbocycles. The van der Waals surface area contributed by atoms with Gasteiger partial charge in [0.25, 0.3) is 5.91 Å². The van der Waals surface area contributed by atoms with Crippen LogP contribution in [0.4, 0.5) is 5.00 Å². The van der Waals surface area contributed by atoms with E-state index in [1.165, 1.54) is 23.8 Å². The van der Waals surface area contributed by atoms with Crippen molar-refractivity contribution in [2.75, 3.05) is 32.3 Å². The maximum Gasteiger partial charge on any atom is 0.341 e. The van der Waals surface area contributed by atoms with Crippen molar-refractivity contribution < 1.29 is 19.1 Å².